The summed E-state index contributed by atoms with van der Waals surface area (Å²) in [5, 5.41) is 3.82. The van der Waals surface area contributed by atoms with Crippen molar-refractivity contribution in [3.63, 3.8) is 0 Å². The van der Waals surface area contributed by atoms with Crippen LogP contribution in [0.3, 0.4) is 0 Å². The Morgan fingerprint density at radius 3 is 2.70 bits per heavy atom. The molecule has 0 unspecified atom stereocenters. The van der Waals surface area contributed by atoms with E-state index in [2.05, 4.69) is 15.3 Å². The minimum absolute atomic E-state index is 0.00509. The van der Waals surface area contributed by atoms with Crippen molar-refractivity contribution in [2.24, 2.45) is 5.92 Å². The third-order valence-corrected chi connectivity index (χ3v) is 5.08. The summed E-state index contributed by atoms with van der Waals surface area (Å²) in [7, 11) is 0. The van der Waals surface area contributed by atoms with Gasteiger partial charge in [0.1, 0.15) is 12.3 Å². The summed E-state index contributed by atoms with van der Waals surface area (Å²) in [4.78, 5) is 51.0. The number of anilines is 1. The van der Waals surface area contributed by atoms with Gasteiger partial charge in [0.05, 0.1) is 5.69 Å². The van der Waals surface area contributed by atoms with E-state index in [4.69, 9.17) is 9.25 Å². The number of hydroxylamine groups is 2. The standard InChI is InChI=1S/C24H24N4O5/c1-3-20(29)33-28(14-19-8-4-5-12-25-19)24(31)21-15(2)32-23(27-21)17-7-6-9-18(13-17)26-22(30)16-10-11-16/h4-9,12-13,16H,3,10-11,14H2,1-2H3,(H,26,30). The summed E-state index contributed by atoms with van der Waals surface area (Å²) in [6.45, 7) is 3.22. The number of nitrogens with one attached hydrogen (secondary N) is 1. The molecule has 1 fully saturated rings. The topological polar surface area (TPSA) is 115 Å². The summed E-state index contributed by atoms with van der Waals surface area (Å²) in [5.41, 5.74) is 1.81. The monoisotopic (exact) mass is 448 g/mol. The zero-order chi connectivity index (χ0) is 23.4. The first-order valence-electron chi connectivity index (χ1n) is 10.8. The van der Waals surface area contributed by atoms with Gasteiger partial charge in [-0.2, -0.15) is 5.06 Å². The number of carbonyl (C=O) groups is 3. The second-order valence-corrected chi connectivity index (χ2v) is 7.75. The van der Waals surface area contributed by atoms with Crippen LogP contribution in [0.5, 0.6) is 0 Å². The van der Waals surface area contributed by atoms with Crippen molar-refractivity contribution >= 4 is 23.5 Å². The molecule has 2 heterocycles. The van der Waals surface area contributed by atoms with Crippen molar-refractivity contribution in [2.45, 2.75) is 39.7 Å². The Morgan fingerprint density at radius 1 is 1.18 bits per heavy atom. The number of rotatable bonds is 7. The zero-order valence-corrected chi connectivity index (χ0v) is 18.4. The predicted octanol–water partition coefficient (Wildman–Crippen LogP) is 3.90. The lowest BCUT2D eigenvalue weighted by atomic mass is 10.2. The van der Waals surface area contributed by atoms with Crippen molar-refractivity contribution in [3.05, 3.63) is 65.8 Å². The van der Waals surface area contributed by atoms with Crippen LogP contribution in [-0.2, 0) is 21.0 Å². The third kappa shape index (κ3) is 5.43. The molecule has 1 aromatic carbocycles. The van der Waals surface area contributed by atoms with Gasteiger partial charge in [0.25, 0.3) is 0 Å². The highest BCUT2D eigenvalue weighted by Crippen LogP contribution is 2.31. The number of oxazole rings is 1. The lowest BCUT2D eigenvalue weighted by Crippen LogP contribution is -2.34. The van der Waals surface area contributed by atoms with Crippen molar-refractivity contribution in [3.8, 4) is 11.5 Å². The van der Waals surface area contributed by atoms with Crippen LogP contribution < -0.4 is 5.32 Å². The van der Waals surface area contributed by atoms with Gasteiger partial charge in [-0.25, -0.2) is 9.78 Å². The van der Waals surface area contributed by atoms with Crippen LogP contribution >= 0.6 is 0 Å². The zero-order valence-electron chi connectivity index (χ0n) is 18.4. The lowest BCUT2D eigenvalue weighted by molar-refractivity contribution is -0.179. The Bertz CT molecular complexity index is 1170. The van der Waals surface area contributed by atoms with Gasteiger partial charge < -0.3 is 14.6 Å². The highest BCUT2D eigenvalue weighted by molar-refractivity contribution is 5.95. The van der Waals surface area contributed by atoms with E-state index in [0.717, 1.165) is 17.9 Å². The van der Waals surface area contributed by atoms with Crippen LogP contribution in [0.25, 0.3) is 11.5 Å². The minimum Gasteiger partial charge on any atom is -0.441 e. The van der Waals surface area contributed by atoms with Gasteiger partial charge in [-0.15, -0.1) is 0 Å². The molecule has 0 atom stereocenters. The summed E-state index contributed by atoms with van der Waals surface area (Å²) < 4.78 is 5.75. The number of pyridine rings is 1. The molecule has 170 valence electrons. The molecular weight excluding hydrogens is 424 g/mol. The van der Waals surface area contributed by atoms with E-state index in [1.54, 1.807) is 62.5 Å². The van der Waals surface area contributed by atoms with E-state index >= 15 is 0 Å². The van der Waals surface area contributed by atoms with E-state index in [9.17, 15) is 14.4 Å². The van der Waals surface area contributed by atoms with Crippen LogP contribution in [0.4, 0.5) is 5.69 Å². The first-order chi connectivity index (χ1) is 15.9. The maximum atomic E-state index is 13.2. The van der Waals surface area contributed by atoms with Crippen LogP contribution in [0.2, 0.25) is 0 Å². The molecule has 0 saturated heterocycles. The quantitative estimate of drug-likeness (QED) is 0.545. The van der Waals surface area contributed by atoms with E-state index in [-0.39, 0.29) is 42.1 Å². The Morgan fingerprint density at radius 2 is 2.00 bits per heavy atom. The Labute approximate surface area is 190 Å². The molecule has 2 amide bonds. The number of hydrogen-bond acceptors (Lipinski definition) is 7. The summed E-state index contributed by atoms with van der Waals surface area (Å²) in [6, 6.07) is 12.3. The van der Waals surface area contributed by atoms with Gasteiger partial charge in [0.2, 0.25) is 11.8 Å². The molecule has 1 aliphatic carbocycles. The number of benzene rings is 1. The SMILES string of the molecule is CCC(=O)ON(Cc1ccccn1)C(=O)c1nc(-c2cccc(NC(=O)C3CC3)c2)oc1C. The Hall–Kier alpha value is -4.01. The molecule has 1 saturated carbocycles. The van der Waals surface area contributed by atoms with Crippen molar-refractivity contribution in [1.29, 1.82) is 0 Å². The molecule has 0 spiro atoms. The van der Waals surface area contributed by atoms with Crippen LogP contribution in [-0.4, -0.2) is 32.8 Å². The summed E-state index contributed by atoms with van der Waals surface area (Å²) >= 11 is 0. The molecule has 0 bridgehead atoms. The second kappa shape index (κ2) is 9.64. The molecule has 9 nitrogen and oxygen atoms in total. The Balaban J connectivity index is 1.57. The number of nitrogens with zero attached hydrogens (tertiary/aromatic N) is 3. The lowest BCUT2D eigenvalue weighted by Gasteiger charge is -2.19. The number of carbonyl (C=O) groups excluding carboxylic acids is 3. The molecule has 9 heteroatoms. The molecule has 0 radical (unpaired) electrons. The fourth-order valence-corrected chi connectivity index (χ4v) is 3.13. The fourth-order valence-electron chi connectivity index (χ4n) is 3.13. The second-order valence-electron chi connectivity index (χ2n) is 7.75. The largest absolute Gasteiger partial charge is 0.441 e. The molecule has 33 heavy (non-hydrogen) atoms. The van der Waals surface area contributed by atoms with Crippen LogP contribution in [0, 0.1) is 12.8 Å². The van der Waals surface area contributed by atoms with E-state index < -0.39 is 11.9 Å². The molecule has 2 aromatic heterocycles. The predicted molar refractivity (Wildman–Crippen MR) is 119 cm³/mol. The fraction of sp³-hybridized carbons (Fsp3) is 0.292. The smallest absolute Gasteiger partial charge is 0.332 e. The van der Waals surface area contributed by atoms with Crippen molar-refractivity contribution in [2.75, 3.05) is 5.32 Å². The number of amides is 2. The first kappa shape index (κ1) is 22.2. The minimum atomic E-state index is -0.617. The van der Waals surface area contributed by atoms with Gasteiger partial charge in [0.15, 0.2) is 5.69 Å². The molecule has 1 N–H and O–H groups in total. The van der Waals surface area contributed by atoms with Crippen molar-refractivity contribution in [1.82, 2.24) is 15.0 Å². The average Bonchev–Trinajstić information content (AvgIpc) is 3.61. The molecule has 4 rings (SSSR count). The molecule has 3 aromatic rings. The molecular formula is C24H24N4O5. The molecule has 0 aliphatic heterocycles. The highest BCUT2D eigenvalue weighted by atomic mass is 16.7. The maximum absolute atomic E-state index is 13.2. The maximum Gasteiger partial charge on any atom is 0.332 e. The Kier molecular flexibility index (Phi) is 6.48. The van der Waals surface area contributed by atoms with Crippen molar-refractivity contribution < 1.29 is 23.6 Å². The average molecular weight is 448 g/mol. The van der Waals surface area contributed by atoms with Crippen LogP contribution in [0.15, 0.2) is 53.1 Å². The van der Waals surface area contributed by atoms with Crippen LogP contribution in [0.1, 0.15) is 48.1 Å². The van der Waals surface area contributed by atoms with Gasteiger partial charge in [-0.05, 0) is 50.1 Å². The number of aromatic nitrogens is 2. The number of hydrogen-bond donors (Lipinski definition) is 1. The highest BCUT2D eigenvalue weighted by Gasteiger charge is 2.30. The third-order valence-electron chi connectivity index (χ3n) is 5.08. The summed E-state index contributed by atoms with van der Waals surface area (Å²) in [6.07, 6.45) is 3.52. The van der Waals surface area contributed by atoms with Gasteiger partial charge in [-0.3, -0.25) is 14.6 Å². The normalized spacial score (nSPS) is 12.8. The van der Waals surface area contributed by atoms with Gasteiger partial charge in [0, 0.05) is 29.8 Å². The van der Waals surface area contributed by atoms with E-state index in [1.165, 1.54) is 0 Å². The van der Waals surface area contributed by atoms with E-state index in [0.29, 0.717) is 16.9 Å². The number of aryl methyl sites for hydroxylation is 1. The van der Waals surface area contributed by atoms with E-state index in [1.807, 2.05) is 0 Å². The molecule has 1 aliphatic rings. The summed E-state index contributed by atoms with van der Waals surface area (Å²) in [5.74, 6) is -0.598. The van der Waals surface area contributed by atoms with Gasteiger partial charge >= 0.3 is 11.9 Å². The van der Waals surface area contributed by atoms with Gasteiger partial charge in [-0.1, -0.05) is 19.1 Å². The first-order valence-corrected chi connectivity index (χ1v) is 10.8.